The van der Waals surface area contributed by atoms with Gasteiger partial charge in [0.25, 0.3) is 11.5 Å². The van der Waals surface area contributed by atoms with Crippen LogP contribution in [0.1, 0.15) is 45.4 Å². The van der Waals surface area contributed by atoms with E-state index in [9.17, 15) is 14.0 Å². The number of pyridine rings is 1. The number of nitrogens with zero attached hydrogens (tertiary/aromatic N) is 1. The maximum absolute atomic E-state index is 14.1. The number of nitrogens with one attached hydrogen (secondary N) is 2. The van der Waals surface area contributed by atoms with Gasteiger partial charge in [-0.1, -0.05) is 6.92 Å². The van der Waals surface area contributed by atoms with Crippen molar-refractivity contribution in [3.63, 3.8) is 0 Å². The highest BCUT2D eigenvalue weighted by Gasteiger charge is 2.17. The number of H-pyrrole nitrogens is 1. The fraction of sp³-hybridized carbons (Fsp3) is 0.333. The van der Waals surface area contributed by atoms with E-state index in [0.29, 0.717) is 11.1 Å². The molecule has 0 radical (unpaired) electrons. The highest BCUT2D eigenvalue weighted by molar-refractivity contribution is 5.95. The zero-order valence-corrected chi connectivity index (χ0v) is 16.3. The molecule has 0 aliphatic rings. The van der Waals surface area contributed by atoms with Crippen LogP contribution in [-0.4, -0.2) is 15.5 Å². The predicted octanol–water partition coefficient (Wildman–Crippen LogP) is 3.42. The van der Waals surface area contributed by atoms with Crippen LogP contribution in [0.4, 0.5) is 4.39 Å². The van der Waals surface area contributed by atoms with Crippen LogP contribution in [0.25, 0.3) is 10.9 Å². The maximum atomic E-state index is 14.1. The second kappa shape index (κ2) is 7.02. The molecule has 0 unspecified atom stereocenters. The number of carbonyl (C=O) groups is 1. The van der Waals surface area contributed by atoms with E-state index in [1.54, 1.807) is 20.0 Å². The number of amides is 1. The van der Waals surface area contributed by atoms with E-state index in [2.05, 4.69) is 10.3 Å². The second-order valence-electron chi connectivity index (χ2n) is 6.96. The molecule has 0 aliphatic heterocycles. The third kappa shape index (κ3) is 3.27. The molecule has 3 rings (SSSR count). The Morgan fingerprint density at radius 3 is 2.59 bits per heavy atom. The third-order valence-corrected chi connectivity index (χ3v) is 5.20. The van der Waals surface area contributed by atoms with Crippen molar-refractivity contribution in [1.29, 1.82) is 0 Å². The average molecular weight is 369 g/mol. The van der Waals surface area contributed by atoms with Gasteiger partial charge in [-0.05, 0) is 62.1 Å². The molecule has 2 N–H and O–H groups in total. The number of hydrogen-bond donors (Lipinski definition) is 2. The van der Waals surface area contributed by atoms with Gasteiger partial charge < -0.3 is 14.9 Å². The number of halogens is 1. The van der Waals surface area contributed by atoms with E-state index < -0.39 is 5.91 Å². The monoisotopic (exact) mass is 369 g/mol. The number of aromatic nitrogens is 2. The van der Waals surface area contributed by atoms with Crippen LogP contribution < -0.4 is 10.9 Å². The maximum Gasteiger partial charge on any atom is 0.263 e. The first kappa shape index (κ1) is 18.9. The number of benzene rings is 1. The molecule has 6 heteroatoms. The number of fused-ring (bicyclic) bond motifs is 1. The average Bonchev–Trinajstić information content (AvgIpc) is 2.94. The van der Waals surface area contributed by atoms with Crippen LogP contribution in [0.3, 0.4) is 0 Å². The van der Waals surface area contributed by atoms with Crippen molar-refractivity contribution in [2.75, 3.05) is 0 Å². The van der Waals surface area contributed by atoms with Crippen molar-refractivity contribution in [2.24, 2.45) is 7.05 Å². The molecule has 0 aliphatic carbocycles. The van der Waals surface area contributed by atoms with Crippen molar-refractivity contribution in [3.8, 4) is 0 Å². The second-order valence-corrected chi connectivity index (χ2v) is 6.96. The van der Waals surface area contributed by atoms with Gasteiger partial charge in [-0.15, -0.1) is 0 Å². The lowest BCUT2D eigenvalue weighted by Crippen LogP contribution is -2.33. The summed E-state index contributed by atoms with van der Waals surface area (Å²) < 4.78 is 15.5. The molecule has 27 heavy (non-hydrogen) atoms. The van der Waals surface area contributed by atoms with Gasteiger partial charge >= 0.3 is 0 Å². The minimum atomic E-state index is -0.454. The van der Waals surface area contributed by atoms with Gasteiger partial charge in [0, 0.05) is 30.4 Å². The molecule has 2 aromatic heterocycles. The van der Waals surface area contributed by atoms with E-state index in [-0.39, 0.29) is 23.5 Å². The molecule has 2 heterocycles. The number of rotatable bonds is 4. The van der Waals surface area contributed by atoms with Gasteiger partial charge in [-0.25, -0.2) is 4.39 Å². The van der Waals surface area contributed by atoms with E-state index in [1.165, 1.54) is 16.7 Å². The zero-order chi connectivity index (χ0) is 19.9. The molecule has 3 aromatic rings. The molecule has 0 saturated carbocycles. The van der Waals surface area contributed by atoms with Crippen molar-refractivity contribution in [1.82, 2.24) is 14.9 Å². The Hall–Kier alpha value is -2.89. The van der Waals surface area contributed by atoms with Crippen LogP contribution in [0, 0.1) is 26.6 Å². The van der Waals surface area contributed by atoms with Crippen molar-refractivity contribution < 1.29 is 9.18 Å². The topological polar surface area (TPSA) is 66.9 Å². The van der Waals surface area contributed by atoms with Crippen molar-refractivity contribution in [3.05, 3.63) is 68.0 Å². The van der Waals surface area contributed by atoms with Gasteiger partial charge in [0.2, 0.25) is 0 Å². The quantitative estimate of drug-likeness (QED) is 0.740. The smallest absolute Gasteiger partial charge is 0.263 e. The Balaban J connectivity index is 1.95. The molecule has 142 valence electrons. The SMILES string of the molecule is CCc1[nH]c2c(CNC(=O)c3c(C)cc(C)n(C)c3=O)cc(F)cc2c1C. The number of carbonyl (C=O) groups excluding carboxylic acids is 1. The largest absolute Gasteiger partial charge is 0.358 e. The van der Waals surface area contributed by atoms with Crippen LogP contribution in [0.5, 0.6) is 0 Å². The standard InChI is InChI=1S/C21H24FN3O2/c1-6-17-13(4)16-9-15(22)8-14(19(16)24-17)10-23-20(26)18-11(2)7-12(3)25(5)21(18)27/h7-9,24H,6,10H2,1-5H3,(H,23,26). The Bertz CT molecular complexity index is 1110. The lowest BCUT2D eigenvalue weighted by atomic mass is 10.1. The van der Waals surface area contributed by atoms with Gasteiger partial charge in [-0.3, -0.25) is 9.59 Å². The van der Waals surface area contributed by atoms with Gasteiger partial charge in [0.1, 0.15) is 11.4 Å². The normalized spacial score (nSPS) is 11.2. The molecule has 1 amide bonds. The Labute approximate surface area is 157 Å². The fourth-order valence-electron chi connectivity index (χ4n) is 3.53. The summed E-state index contributed by atoms with van der Waals surface area (Å²) in [5.41, 5.74) is 4.74. The minimum Gasteiger partial charge on any atom is -0.358 e. The number of aromatic amines is 1. The first-order valence-corrected chi connectivity index (χ1v) is 8.99. The van der Waals surface area contributed by atoms with Gasteiger partial charge in [0.15, 0.2) is 0 Å². The summed E-state index contributed by atoms with van der Waals surface area (Å²) in [5, 5.41) is 3.59. The lowest BCUT2D eigenvalue weighted by Gasteiger charge is -2.11. The molecular weight excluding hydrogens is 345 g/mol. The van der Waals surface area contributed by atoms with Crippen LogP contribution in [0.15, 0.2) is 23.0 Å². The van der Waals surface area contributed by atoms with E-state index in [0.717, 1.165) is 34.3 Å². The Morgan fingerprint density at radius 2 is 1.93 bits per heavy atom. The third-order valence-electron chi connectivity index (χ3n) is 5.20. The first-order valence-electron chi connectivity index (χ1n) is 8.99. The van der Waals surface area contributed by atoms with Crippen LogP contribution in [-0.2, 0) is 20.0 Å². The first-order chi connectivity index (χ1) is 12.7. The van der Waals surface area contributed by atoms with Crippen LogP contribution >= 0.6 is 0 Å². The van der Waals surface area contributed by atoms with Crippen molar-refractivity contribution in [2.45, 2.75) is 40.7 Å². The van der Waals surface area contributed by atoms with E-state index in [1.807, 2.05) is 20.8 Å². The number of aryl methyl sites for hydroxylation is 4. The van der Waals surface area contributed by atoms with E-state index >= 15 is 0 Å². The summed E-state index contributed by atoms with van der Waals surface area (Å²) in [6.07, 6.45) is 0.812. The molecule has 0 fully saturated rings. The summed E-state index contributed by atoms with van der Waals surface area (Å²) in [5.74, 6) is -0.802. The van der Waals surface area contributed by atoms with E-state index in [4.69, 9.17) is 0 Å². The molecule has 5 nitrogen and oxygen atoms in total. The Kier molecular flexibility index (Phi) is 4.91. The zero-order valence-electron chi connectivity index (χ0n) is 16.3. The minimum absolute atomic E-state index is 0.118. The Morgan fingerprint density at radius 1 is 1.22 bits per heavy atom. The predicted molar refractivity (Wildman–Crippen MR) is 105 cm³/mol. The summed E-state index contributed by atoms with van der Waals surface area (Å²) >= 11 is 0. The highest BCUT2D eigenvalue weighted by Crippen LogP contribution is 2.26. The molecule has 0 saturated heterocycles. The van der Waals surface area contributed by atoms with Crippen molar-refractivity contribution >= 4 is 16.8 Å². The molecule has 0 atom stereocenters. The summed E-state index contributed by atoms with van der Waals surface area (Å²) in [7, 11) is 1.64. The lowest BCUT2D eigenvalue weighted by molar-refractivity contribution is 0.0948. The summed E-state index contributed by atoms with van der Waals surface area (Å²) in [6.45, 7) is 7.68. The molecule has 0 bridgehead atoms. The molecule has 0 spiro atoms. The van der Waals surface area contributed by atoms with Crippen LogP contribution in [0.2, 0.25) is 0 Å². The number of hydrogen-bond acceptors (Lipinski definition) is 2. The van der Waals surface area contributed by atoms with Gasteiger partial charge in [0.05, 0.1) is 5.52 Å². The highest BCUT2D eigenvalue weighted by atomic mass is 19.1. The fourth-order valence-corrected chi connectivity index (χ4v) is 3.53. The summed E-state index contributed by atoms with van der Waals surface area (Å²) in [6, 6.07) is 4.72. The van der Waals surface area contributed by atoms with Gasteiger partial charge in [-0.2, -0.15) is 0 Å². The molecular formula is C21H24FN3O2. The molecule has 1 aromatic carbocycles. The summed E-state index contributed by atoms with van der Waals surface area (Å²) in [4.78, 5) is 28.4.